The van der Waals surface area contributed by atoms with E-state index in [0.29, 0.717) is 10.7 Å². The quantitative estimate of drug-likeness (QED) is 0.283. The second-order valence-electron chi connectivity index (χ2n) is 5.63. The molecule has 3 rings (SSSR count). The topological polar surface area (TPSA) is 72.0 Å². The molecular weight excluding hydrogens is 446 g/mol. The van der Waals surface area contributed by atoms with Gasteiger partial charge in [-0.05, 0) is 17.7 Å². The molecule has 27 heavy (non-hydrogen) atoms. The van der Waals surface area contributed by atoms with Crippen LogP contribution in [0.1, 0.15) is 28.8 Å². The highest BCUT2D eigenvalue weighted by atomic mass is 79.9. The Morgan fingerprint density at radius 3 is 2.48 bits per heavy atom. The number of amides is 1. The summed E-state index contributed by atoms with van der Waals surface area (Å²) in [6.45, 7) is 0. The number of anilines is 1. The van der Waals surface area contributed by atoms with E-state index in [-0.39, 0.29) is 24.5 Å². The van der Waals surface area contributed by atoms with Crippen LogP contribution >= 0.6 is 39.0 Å². The predicted octanol–water partition coefficient (Wildman–Crippen LogP) is 5.19. The monoisotopic (exact) mass is 461 g/mol. The van der Waals surface area contributed by atoms with Gasteiger partial charge in [0, 0.05) is 28.6 Å². The lowest BCUT2D eigenvalue weighted by Crippen LogP contribution is -2.13. The lowest BCUT2D eigenvalue weighted by molar-refractivity contribution is -0.116. The largest absolute Gasteiger partial charge is 0.300 e. The third-order valence-corrected chi connectivity index (χ3v) is 6.18. The Kier molecular flexibility index (Phi) is 7.14. The summed E-state index contributed by atoms with van der Waals surface area (Å²) in [6, 6.07) is 17.2. The van der Waals surface area contributed by atoms with Gasteiger partial charge in [-0.25, -0.2) is 0 Å². The third-order valence-electron chi connectivity index (χ3n) is 3.60. The molecule has 0 aliphatic carbocycles. The normalized spacial score (nSPS) is 10.6. The number of thioether (sulfide) groups is 1. The smallest absolute Gasteiger partial charge is 0.226 e. The maximum absolute atomic E-state index is 12.1. The summed E-state index contributed by atoms with van der Waals surface area (Å²) >= 11 is 6.24. The van der Waals surface area contributed by atoms with Gasteiger partial charge in [-0.3, -0.25) is 9.59 Å². The summed E-state index contributed by atoms with van der Waals surface area (Å²) in [6.07, 6.45) is 0.267. The lowest BCUT2D eigenvalue weighted by atomic mass is 10.1. The number of rotatable bonds is 8. The minimum atomic E-state index is -0.240. The highest BCUT2D eigenvalue weighted by molar-refractivity contribution is 9.10. The standard InChI is InChI=1S/C19H16BrN3O2S2/c20-15-8-6-14(7-9-15)16(24)10-11-17(25)21-18-22-23-19(27-18)26-12-13-4-2-1-3-5-13/h1-9H,10-12H2,(H,21,22,25). The molecule has 0 aliphatic rings. The maximum Gasteiger partial charge on any atom is 0.226 e. The van der Waals surface area contributed by atoms with E-state index in [1.807, 2.05) is 30.3 Å². The van der Waals surface area contributed by atoms with Crippen molar-refractivity contribution in [3.63, 3.8) is 0 Å². The van der Waals surface area contributed by atoms with Gasteiger partial charge in [0.15, 0.2) is 10.1 Å². The minimum absolute atomic E-state index is 0.0611. The fourth-order valence-electron chi connectivity index (χ4n) is 2.23. The molecule has 8 heteroatoms. The van der Waals surface area contributed by atoms with Gasteiger partial charge >= 0.3 is 0 Å². The Hall–Kier alpha value is -2.03. The summed E-state index contributed by atoms with van der Waals surface area (Å²) in [7, 11) is 0. The average molecular weight is 462 g/mol. The number of Topliss-reactive ketones (excluding diaryl/α,β-unsaturated/α-hetero) is 1. The fourth-order valence-corrected chi connectivity index (χ4v) is 4.22. The van der Waals surface area contributed by atoms with Crippen molar-refractivity contribution in [3.05, 3.63) is 70.2 Å². The number of nitrogens with zero attached hydrogens (tertiary/aromatic N) is 2. The van der Waals surface area contributed by atoms with E-state index < -0.39 is 0 Å². The number of carbonyl (C=O) groups is 2. The Bertz CT molecular complexity index is 914. The van der Waals surface area contributed by atoms with Gasteiger partial charge in [0.1, 0.15) is 0 Å². The van der Waals surface area contributed by atoms with Crippen LogP contribution in [-0.2, 0) is 10.5 Å². The second kappa shape index (κ2) is 9.77. The number of nitrogens with one attached hydrogen (secondary N) is 1. The SMILES string of the molecule is O=C(CCC(=O)c1ccc(Br)cc1)Nc1nnc(SCc2ccccc2)s1. The van der Waals surface area contributed by atoms with Crippen molar-refractivity contribution in [1.29, 1.82) is 0 Å². The first kappa shape index (κ1) is 19.7. The third kappa shape index (κ3) is 6.27. The molecule has 0 atom stereocenters. The van der Waals surface area contributed by atoms with Crippen LogP contribution in [0.2, 0.25) is 0 Å². The van der Waals surface area contributed by atoms with Gasteiger partial charge < -0.3 is 5.32 Å². The zero-order valence-electron chi connectivity index (χ0n) is 14.2. The van der Waals surface area contributed by atoms with Crippen LogP contribution in [0.15, 0.2) is 63.4 Å². The number of benzene rings is 2. The van der Waals surface area contributed by atoms with Crippen molar-refractivity contribution in [3.8, 4) is 0 Å². The molecule has 138 valence electrons. The number of carbonyl (C=O) groups excluding carboxylic acids is 2. The van der Waals surface area contributed by atoms with E-state index >= 15 is 0 Å². The van der Waals surface area contributed by atoms with Crippen LogP contribution in [-0.4, -0.2) is 21.9 Å². The van der Waals surface area contributed by atoms with Gasteiger partial charge in [-0.15, -0.1) is 10.2 Å². The van der Waals surface area contributed by atoms with Crippen molar-refractivity contribution in [1.82, 2.24) is 10.2 Å². The molecule has 0 saturated carbocycles. The number of hydrogen-bond acceptors (Lipinski definition) is 6. The Labute approximate surface area is 173 Å². The lowest BCUT2D eigenvalue weighted by Gasteiger charge is -2.02. The minimum Gasteiger partial charge on any atom is -0.300 e. The van der Waals surface area contributed by atoms with Crippen LogP contribution in [0.3, 0.4) is 0 Å². The molecule has 5 nitrogen and oxygen atoms in total. The van der Waals surface area contributed by atoms with E-state index in [9.17, 15) is 9.59 Å². The highest BCUT2D eigenvalue weighted by Crippen LogP contribution is 2.28. The van der Waals surface area contributed by atoms with Crippen molar-refractivity contribution < 1.29 is 9.59 Å². The summed E-state index contributed by atoms with van der Waals surface area (Å²) in [4.78, 5) is 24.2. The van der Waals surface area contributed by atoms with Crippen molar-refractivity contribution in [2.24, 2.45) is 0 Å². The summed E-state index contributed by atoms with van der Waals surface area (Å²) in [5.41, 5.74) is 1.80. The summed E-state index contributed by atoms with van der Waals surface area (Å²) < 4.78 is 1.70. The van der Waals surface area contributed by atoms with Crippen LogP contribution in [0, 0.1) is 0 Å². The van der Waals surface area contributed by atoms with Crippen LogP contribution in [0.4, 0.5) is 5.13 Å². The number of aromatic nitrogens is 2. The zero-order valence-corrected chi connectivity index (χ0v) is 17.4. The van der Waals surface area contributed by atoms with E-state index in [4.69, 9.17) is 0 Å². The van der Waals surface area contributed by atoms with Gasteiger partial charge in [0.25, 0.3) is 0 Å². The molecule has 1 heterocycles. The van der Waals surface area contributed by atoms with E-state index in [1.165, 1.54) is 16.9 Å². The van der Waals surface area contributed by atoms with Crippen molar-refractivity contribution in [2.75, 3.05) is 5.32 Å². The van der Waals surface area contributed by atoms with Gasteiger partial charge in [0.05, 0.1) is 0 Å². The molecule has 1 aromatic heterocycles. The summed E-state index contributed by atoms with van der Waals surface area (Å²) in [5, 5.41) is 11.2. The van der Waals surface area contributed by atoms with Crippen molar-refractivity contribution in [2.45, 2.75) is 22.9 Å². The molecule has 0 spiro atoms. The summed E-state index contributed by atoms with van der Waals surface area (Å²) in [5.74, 6) is 0.496. The maximum atomic E-state index is 12.1. The molecule has 0 saturated heterocycles. The zero-order chi connectivity index (χ0) is 19.1. The van der Waals surface area contributed by atoms with Crippen molar-refractivity contribution >= 4 is 55.9 Å². The Morgan fingerprint density at radius 2 is 1.74 bits per heavy atom. The van der Waals surface area contributed by atoms with E-state index in [0.717, 1.165) is 14.6 Å². The van der Waals surface area contributed by atoms with Gasteiger partial charge in [-0.1, -0.05) is 81.5 Å². The predicted molar refractivity (Wildman–Crippen MR) is 112 cm³/mol. The molecule has 0 radical (unpaired) electrons. The molecule has 3 aromatic rings. The van der Waals surface area contributed by atoms with E-state index in [2.05, 4.69) is 43.6 Å². The highest BCUT2D eigenvalue weighted by Gasteiger charge is 2.12. The second-order valence-corrected chi connectivity index (χ2v) is 8.74. The first-order valence-corrected chi connectivity index (χ1v) is 10.8. The number of hydrogen-bond donors (Lipinski definition) is 1. The fraction of sp³-hybridized carbons (Fsp3) is 0.158. The Morgan fingerprint density at radius 1 is 1.00 bits per heavy atom. The molecule has 2 aromatic carbocycles. The van der Waals surface area contributed by atoms with Gasteiger partial charge in [0.2, 0.25) is 11.0 Å². The van der Waals surface area contributed by atoms with Gasteiger partial charge in [-0.2, -0.15) is 0 Å². The van der Waals surface area contributed by atoms with E-state index in [1.54, 1.807) is 23.9 Å². The first-order chi connectivity index (χ1) is 13.1. The number of ketones is 1. The molecule has 0 aliphatic heterocycles. The van der Waals surface area contributed by atoms with Crippen LogP contribution < -0.4 is 5.32 Å². The molecule has 0 fully saturated rings. The molecule has 1 amide bonds. The molecule has 1 N–H and O–H groups in total. The number of halogens is 1. The molecule has 0 unspecified atom stereocenters. The Balaban J connectivity index is 1.45. The molecular formula is C19H16BrN3O2S2. The van der Waals surface area contributed by atoms with Crippen LogP contribution in [0.25, 0.3) is 0 Å². The molecule has 0 bridgehead atoms. The first-order valence-electron chi connectivity index (χ1n) is 8.19. The average Bonchev–Trinajstić information content (AvgIpc) is 3.13. The van der Waals surface area contributed by atoms with Crippen LogP contribution in [0.5, 0.6) is 0 Å².